The van der Waals surface area contributed by atoms with Crippen molar-refractivity contribution in [3.05, 3.63) is 64.7 Å². The molecule has 0 saturated carbocycles. The van der Waals surface area contributed by atoms with Crippen LogP contribution in [0, 0.1) is 13.8 Å². The lowest BCUT2D eigenvalue weighted by molar-refractivity contribution is -0.115. The zero-order valence-corrected chi connectivity index (χ0v) is 17.5. The van der Waals surface area contributed by atoms with Gasteiger partial charge in [0.05, 0.1) is 22.4 Å². The molecule has 2 heterocycles. The van der Waals surface area contributed by atoms with E-state index in [4.69, 9.17) is 4.98 Å². The fourth-order valence-corrected chi connectivity index (χ4v) is 4.83. The lowest BCUT2D eigenvalue weighted by Crippen LogP contribution is -2.23. The standard InChI is InChI=1S/C21H20N4OS2/c1-13-8-9-19(14(2)10-13)25(15(3)26)21-22-16(12-28-21)11-27-20-23-17-6-4-5-7-18(17)24-20/h4-10,12H,11H2,1-3H3,(H,23,24). The average molecular weight is 409 g/mol. The molecule has 0 radical (unpaired) electrons. The second-order valence-corrected chi connectivity index (χ2v) is 8.41. The Labute approximate surface area is 171 Å². The molecule has 142 valence electrons. The molecule has 4 rings (SSSR count). The zero-order valence-electron chi connectivity index (χ0n) is 15.9. The van der Waals surface area contributed by atoms with Gasteiger partial charge in [0.25, 0.3) is 0 Å². The van der Waals surface area contributed by atoms with Crippen molar-refractivity contribution in [2.24, 2.45) is 0 Å². The second-order valence-electron chi connectivity index (χ2n) is 6.61. The zero-order chi connectivity index (χ0) is 19.7. The molecule has 1 amide bonds. The number of thiazole rings is 1. The first-order valence-electron chi connectivity index (χ1n) is 8.91. The number of anilines is 2. The van der Waals surface area contributed by atoms with Crippen LogP contribution in [0.2, 0.25) is 0 Å². The third-order valence-corrected chi connectivity index (χ3v) is 6.14. The monoisotopic (exact) mass is 408 g/mol. The lowest BCUT2D eigenvalue weighted by atomic mass is 10.1. The van der Waals surface area contributed by atoms with Gasteiger partial charge in [-0.25, -0.2) is 9.97 Å². The van der Waals surface area contributed by atoms with Crippen LogP contribution in [0.25, 0.3) is 11.0 Å². The van der Waals surface area contributed by atoms with Crippen molar-refractivity contribution < 1.29 is 4.79 Å². The van der Waals surface area contributed by atoms with Gasteiger partial charge in [-0.15, -0.1) is 11.3 Å². The molecule has 0 spiro atoms. The Morgan fingerprint density at radius 1 is 1.18 bits per heavy atom. The molecular weight excluding hydrogens is 388 g/mol. The summed E-state index contributed by atoms with van der Waals surface area (Å²) in [4.78, 5) is 26.6. The Balaban J connectivity index is 1.54. The minimum absolute atomic E-state index is 0.0437. The number of aryl methyl sites for hydroxylation is 2. The maximum atomic E-state index is 12.3. The largest absolute Gasteiger partial charge is 0.333 e. The number of amides is 1. The number of nitrogens with one attached hydrogen (secondary N) is 1. The van der Waals surface area contributed by atoms with E-state index in [1.807, 2.05) is 55.6 Å². The van der Waals surface area contributed by atoms with E-state index in [1.165, 1.54) is 16.9 Å². The normalized spacial score (nSPS) is 11.1. The molecule has 2 aromatic carbocycles. The van der Waals surface area contributed by atoms with E-state index in [1.54, 1.807) is 23.6 Å². The number of imidazole rings is 1. The first kappa shape index (κ1) is 18.7. The molecule has 1 N–H and O–H groups in total. The molecule has 0 saturated heterocycles. The molecule has 0 aliphatic rings. The molecule has 0 bridgehead atoms. The first-order valence-corrected chi connectivity index (χ1v) is 10.8. The van der Waals surface area contributed by atoms with Crippen molar-refractivity contribution in [2.45, 2.75) is 31.7 Å². The van der Waals surface area contributed by atoms with E-state index in [2.05, 4.69) is 16.0 Å². The fourth-order valence-electron chi connectivity index (χ4n) is 3.07. The van der Waals surface area contributed by atoms with Crippen molar-refractivity contribution >= 4 is 50.9 Å². The van der Waals surface area contributed by atoms with E-state index >= 15 is 0 Å². The fraction of sp³-hybridized carbons (Fsp3) is 0.190. The lowest BCUT2D eigenvalue weighted by Gasteiger charge is -2.20. The number of carbonyl (C=O) groups excluding carboxylic acids is 1. The van der Waals surface area contributed by atoms with E-state index < -0.39 is 0 Å². The third kappa shape index (κ3) is 3.81. The van der Waals surface area contributed by atoms with Gasteiger partial charge in [-0.05, 0) is 37.6 Å². The topological polar surface area (TPSA) is 61.9 Å². The highest BCUT2D eigenvalue weighted by molar-refractivity contribution is 7.98. The molecule has 0 unspecified atom stereocenters. The number of thioether (sulfide) groups is 1. The molecule has 0 aliphatic heterocycles. The number of para-hydroxylation sites is 2. The molecule has 7 heteroatoms. The van der Waals surface area contributed by atoms with Gasteiger partial charge in [-0.3, -0.25) is 9.69 Å². The van der Waals surface area contributed by atoms with Crippen LogP contribution in [0.5, 0.6) is 0 Å². The smallest absolute Gasteiger partial charge is 0.230 e. The minimum atomic E-state index is -0.0437. The van der Waals surface area contributed by atoms with Crippen LogP contribution in [0.3, 0.4) is 0 Å². The van der Waals surface area contributed by atoms with Crippen molar-refractivity contribution in [2.75, 3.05) is 4.90 Å². The van der Waals surface area contributed by atoms with E-state index in [9.17, 15) is 4.79 Å². The van der Waals surface area contributed by atoms with Gasteiger partial charge in [0.1, 0.15) is 0 Å². The SMILES string of the molecule is CC(=O)N(c1nc(CSc2nc3ccccc3[nH]2)cs1)c1ccc(C)cc1C. The summed E-state index contributed by atoms with van der Waals surface area (Å²) in [5, 5.41) is 3.57. The number of aromatic nitrogens is 3. The minimum Gasteiger partial charge on any atom is -0.333 e. The molecule has 2 aromatic heterocycles. The van der Waals surface area contributed by atoms with Gasteiger partial charge in [0, 0.05) is 18.1 Å². The van der Waals surface area contributed by atoms with Gasteiger partial charge in [0.15, 0.2) is 10.3 Å². The number of carbonyl (C=O) groups is 1. The molecule has 5 nitrogen and oxygen atoms in total. The third-order valence-electron chi connectivity index (χ3n) is 4.36. The Morgan fingerprint density at radius 2 is 2.00 bits per heavy atom. The highest BCUT2D eigenvalue weighted by atomic mass is 32.2. The van der Waals surface area contributed by atoms with Crippen LogP contribution in [-0.4, -0.2) is 20.9 Å². The number of benzene rings is 2. The van der Waals surface area contributed by atoms with Gasteiger partial charge in [-0.2, -0.15) is 0 Å². The molecular formula is C21H20N4OS2. The van der Waals surface area contributed by atoms with Crippen LogP contribution in [-0.2, 0) is 10.5 Å². The van der Waals surface area contributed by atoms with Crippen molar-refractivity contribution in [1.29, 1.82) is 0 Å². The Bertz CT molecular complexity index is 1120. The molecule has 28 heavy (non-hydrogen) atoms. The van der Waals surface area contributed by atoms with Gasteiger partial charge >= 0.3 is 0 Å². The van der Waals surface area contributed by atoms with Crippen LogP contribution in [0.15, 0.2) is 53.0 Å². The Morgan fingerprint density at radius 3 is 2.75 bits per heavy atom. The second kappa shape index (κ2) is 7.77. The van der Waals surface area contributed by atoms with Crippen molar-refractivity contribution in [3.63, 3.8) is 0 Å². The molecule has 4 aromatic rings. The number of fused-ring (bicyclic) bond motifs is 1. The van der Waals surface area contributed by atoms with Crippen LogP contribution >= 0.6 is 23.1 Å². The quantitative estimate of drug-likeness (QED) is 0.436. The average Bonchev–Trinajstić information content (AvgIpc) is 3.28. The maximum absolute atomic E-state index is 12.3. The highest BCUT2D eigenvalue weighted by Gasteiger charge is 2.20. The van der Waals surface area contributed by atoms with E-state index in [0.29, 0.717) is 10.9 Å². The Kier molecular flexibility index (Phi) is 5.19. The summed E-state index contributed by atoms with van der Waals surface area (Å²) in [5.74, 6) is 0.646. The number of aromatic amines is 1. The summed E-state index contributed by atoms with van der Waals surface area (Å²) < 4.78 is 0. The van der Waals surface area contributed by atoms with Gasteiger partial charge < -0.3 is 4.98 Å². The van der Waals surface area contributed by atoms with E-state index in [-0.39, 0.29) is 5.91 Å². The molecule has 0 aliphatic carbocycles. The van der Waals surface area contributed by atoms with Gasteiger partial charge in [-0.1, -0.05) is 41.6 Å². The van der Waals surface area contributed by atoms with Crippen LogP contribution in [0.1, 0.15) is 23.7 Å². The first-order chi connectivity index (χ1) is 13.5. The number of hydrogen-bond acceptors (Lipinski definition) is 5. The molecule has 0 atom stereocenters. The van der Waals surface area contributed by atoms with Crippen LogP contribution < -0.4 is 4.90 Å². The number of rotatable bonds is 5. The van der Waals surface area contributed by atoms with Gasteiger partial charge in [0.2, 0.25) is 5.91 Å². The van der Waals surface area contributed by atoms with E-state index in [0.717, 1.165) is 33.1 Å². The predicted molar refractivity (Wildman–Crippen MR) is 117 cm³/mol. The summed E-state index contributed by atoms with van der Waals surface area (Å²) in [6, 6.07) is 14.1. The summed E-state index contributed by atoms with van der Waals surface area (Å²) in [5.41, 5.74) is 6.03. The predicted octanol–water partition coefficient (Wildman–Crippen LogP) is 5.61. The number of H-pyrrole nitrogens is 1. The summed E-state index contributed by atoms with van der Waals surface area (Å²) in [7, 11) is 0. The summed E-state index contributed by atoms with van der Waals surface area (Å²) in [6.07, 6.45) is 0. The number of nitrogens with zero attached hydrogens (tertiary/aromatic N) is 3. The highest BCUT2D eigenvalue weighted by Crippen LogP contribution is 2.33. The van der Waals surface area contributed by atoms with Crippen molar-refractivity contribution in [3.8, 4) is 0 Å². The maximum Gasteiger partial charge on any atom is 0.230 e. The Hall–Kier alpha value is -2.64. The summed E-state index contributed by atoms with van der Waals surface area (Å²) in [6.45, 7) is 5.64. The molecule has 0 fully saturated rings. The van der Waals surface area contributed by atoms with Crippen LogP contribution in [0.4, 0.5) is 10.8 Å². The number of hydrogen-bond donors (Lipinski definition) is 1. The summed E-state index contributed by atoms with van der Waals surface area (Å²) >= 11 is 3.09. The van der Waals surface area contributed by atoms with Crippen molar-refractivity contribution in [1.82, 2.24) is 15.0 Å².